The normalized spacial score (nSPS) is 12.2. The Bertz CT molecular complexity index is 843. The Kier molecular flexibility index (Phi) is 6.78. The van der Waals surface area contributed by atoms with Gasteiger partial charge in [-0.25, -0.2) is 4.79 Å². The van der Waals surface area contributed by atoms with Gasteiger partial charge < -0.3 is 14.4 Å². The van der Waals surface area contributed by atoms with Crippen molar-refractivity contribution in [3.05, 3.63) is 53.9 Å². The van der Waals surface area contributed by atoms with Crippen LogP contribution >= 0.6 is 0 Å². The number of para-hydroxylation sites is 1. The number of aryl methyl sites for hydroxylation is 1. The van der Waals surface area contributed by atoms with Crippen LogP contribution in [-0.4, -0.2) is 28.0 Å². The van der Waals surface area contributed by atoms with Crippen LogP contribution in [-0.2, 0) is 20.9 Å². The minimum Gasteiger partial charge on any atom is -0.502 e. The lowest BCUT2D eigenvalue weighted by molar-refractivity contribution is -0.141. The van der Waals surface area contributed by atoms with Crippen molar-refractivity contribution >= 4 is 28.7 Å². The van der Waals surface area contributed by atoms with E-state index in [1.165, 1.54) is 6.08 Å². The molecule has 0 saturated heterocycles. The van der Waals surface area contributed by atoms with Crippen molar-refractivity contribution < 1.29 is 19.4 Å². The van der Waals surface area contributed by atoms with Gasteiger partial charge in [-0.3, -0.25) is 4.79 Å². The minimum atomic E-state index is -0.903. The number of carbonyl (C=O) groups excluding carboxylic acids is 2. The van der Waals surface area contributed by atoms with Crippen LogP contribution in [0.5, 0.6) is 0 Å². The SMILES string of the molecule is CCOC(=O)/C(O)=C/C(=O)/C=C/c1cn(CCC(C)C)c2ccccc12. The third kappa shape index (κ3) is 5.09. The average molecular weight is 355 g/mol. The number of ether oxygens (including phenoxy) is 1. The van der Waals surface area contributed by atoms with Gasteiger partial charge in [0.25, 0.3) is 0 Å². The van der Waals surface area contributed by atoms with Crippen LogP contribution in [0.4, 0.5) is 0 Å². The van der Waals surface area contributed by atoms with Crippen molar-refractivity contribution in [2.75, 3.05) is 6.61 Å². The van der Waals surface area contributed by atoms with E-state index in [2.05, 4.69) is 29.2 Å². The van der Waals surface area contributed by atoms with Crippen LogP contribution in [0.3, 0.4) is 0 Å². The molecule has 138 valence electrons. The summed E-state index contributed by atoms with van der Waals surface area (Å²) < 4.78 is 6.82. The van der Waals surface area contributed by atoms with E-state index in [-0.39, 0.29) is 6.61 Å². The predicted octanol–water partition coefficient (Wildman–Crippen LogP) is 4.27. The third-order valence-corrected chi connectivity index (χ3v) is 3.96. The number of aliphatic hydroxyl groups excluding tert-OH is 1. The van der Waals surface area contributed by atoms with E-state index >= 15 is 0 Å². The molecule has 0 aliphatic heterocycles. The molecule has 1 heterocycles. The number of esters is 1. The standard InChI is InChI=1S/C21H25NO4/c1-4-26-21(25)20(24)13-17(23)10-9-16-14-22(12-11-15(2)3)19-8-6-5-7-18(16)19/h5-10,13-15,24H,4,11-12H2,1-3H3/b10-9+,20-13-. The van der Waals surface area contributed by atoms with Gasteiger partial charge in [-0.1, -0.05) is 32.0 Å². The van der Waals surface area contributed by atoms with Gasteiger partial charge >= 0.3 is 5.97 Å². The fourth-order valence-electron chi connectivity index (χ4n) is 2.61. The molecule has 0 saturated carbocycles. The average Bonchev–Trinajstić information content (AvgIpc) is 2.96. The van der Waals surface area contributed by atoms with Crippen LogP contribution in [0.25, 0.3) is 17.0 Å². The second-order valence-electron chi connectivity index (χ2n) is 6.46. The highest BCUT2D eigenvalue weighted by atomic mass is 16.5. The van der Waals surface area contributed by atoms with E-state index in [1.807, 2.05) is 24.4 Å². The highest BCUT2D eigenvalue weighted by Crippen LogP contribution is 2.23. The molecule has 0 atom stereocenters. The van der Waals surface area contributed by atoms with Crippen LogP contribution in [0.1, 0.15) is 32.8 Å². The van der Waals surface area contributed by atoms with E-state index in [0.717, 1.165) is 35.5 Å². The number of aliphatic hydroxyl groups is 1. The number of ketones is 1. The number of benzene rings is 1. The number of hydrogen-bond acceptors (Lipinski definition) is 4. The summed E-state index contributed by atoms with van der Waals surface area (Å²) in [5.74, 6) is -1.47. The molecule has 1 aromatic carbocycles. The lowest BCUT2D eigenvalue weighted by Crippen LogP contribution is -2.08. The zero-order valence-corrected chi connectivity index (χ0v) is 15.4. The Morgan fingerprint density at radius 1 is 1.27 bits per heavy atom. The molecule has 5 nitrogen and oxygen atoms in total. The monoisotopic (exact) mass is 355 g/mol. The number of fused-ring (bicyclic) bond motifs is 1. The molecule has 0 unspecified atom stereocenters. The molecule has 0 bridgehead atoms. The predicted molar refractivity (Wildman–Crippen MR) is 103 cm³/mol. The Morgan fingerprint density at radius 2 is 2.00 bits per heavy atom. The topological polar surface area (TPSA) is 68.5 Å². The van der Waals surface area contributed by atoms with Gasteiger partial charge in [0.1, 0.15) is 0 Å². The molecule has 2 aromatic rings. The number of allylic oxidation sites excluding steroid dienone is 2. The molecule has 0 radical (unpaired) electrons. The first-order valence-electron chi connectivity index (χ1n) is 8.80. The first-order valence-corrected chi connectivity index (χ1v) is 8.80. The lowest BCUT2D eigenvalue weighted by Gasteiger charge is -2.07. The fraction of sp³-hybridized carbons (Fsp3) is 0.333. The molecule has 0 amide bonds. The molecule has 26 heavy (non-hydrogen) atoms. The van der Waals surface area contributed by atoms with Crippen molar-refractivity contribution in [1.82, 2.24) is 4.57 Å². The summed E-state index contributed by atoms with van der Waals surface area (Å²) in [6.07, 6.45) is 6.99. The van der Waals surface area contributed by atoms with Gasteiger partial charge in [0.05, 0.1) is 6.61 Å². The van der Waals surface area contributed by atoms with Gasteiger partial charge in [0.15, 0.2) is 5.78 Å². The molecule has 2 rings (SSSR count). The first-order chi connectivity index (χ1) is 12.4. The number of carbonyl (C=O) groups is 2. The summed E-state index contributed by atoms with van der Waals surface area (Å²) in [6.45, 7) is 7.04. The molecular formula is C21H25NO4. The van der Waals surface area contributed by atoms with Gasteiger partial charge in [-0.2, -0.15) is 0 Å². The smallest absolute Gasteiger partial charge is 0.373 e. The highest BCUT2D eigenvalue weighted by Gasteiger charge is 2.10. The van der Waals surface area contributed by atoms with E-state index in [4.69, 9.17) is 0 Å². The second kappa shape index (κ2) is 9.04. The maximum Gasteiger partial charge on any atom is 0.373 e. The summed E-state index contributed by atoms with van der Waals surface area (Å²) in [4.78, 5) is 23.3. The second-order valence-corrected chi connectivity index (χ2v) is 6.46. The van der Waals surface area contributed by atoms with E-state index in [9.17, 15) is 14.7 Å². The Hall–Kier alpha value is -2.82. The number of nitrogens with zero attached hydrogens (tertiary/aromatic N) is 1. The van der Waals surface area contributed by atoms with Gasteiger partial charge in [-0.05, 0) is 37.5 Å². The summed E-state index contributed by atoms with van der Waals surface area (Å²) in [7, 11) is 0. The summed E-state index contributed by atoms with van der Waals surface area (Å²) >= 11 is 0. The lowest BCUT2D eigenvalue weighted by atomic mass is 10.1. The van der Waals surface area contributed by atoms with Crippen molar-refractivity contribution in [3.8, 4) is 0 Å². The Balaban J connectivity index is 2.22. The molecule has 1 N–H and O–H groups in total. The first kappa shape index (κ1) is 19.5. The highest BCUT2D eigenvalue weighted by molar-refractivity contribution is 6.06. The summed E-state index contributed by atoms with van der Waals surface area (Å²) in [6, 6.07) is 8.02. The minimum absolute atomic E-state index is 0.136. The van der Waals surface area contributed by atoms with Crippen LogP contribution < -0.4 is 0 Å². The number of aromatic nitrogens is 1. The summed E-state index contributed by atoms with van der Waals surface area (Å²) in [5.41, 5.74) is 2.03. The quantitative estimate of drug-likeness (QED) is 0.436. The van der Waals surface area contributed by atoms with Gasteiger partial charge in [0.2, 0.25) is 5.76 Å². The Labute approximate surface area is 153 Å². The zero-order valence-electron chi connectivity index (χ0n) is 15.4. The van der Waals surface area contributed by atoms with Crippen molar-refractivity contribution in [2.24, 2.45) is 5.92 Å². The third-order valence-electron chi connectivity index (χ3n) is 3.96. The van der Waals surface area contributed by atoms with E-state index in [0.29, 0.717) is 5.92 Å². The largest absolute Gasteiger partial charge is 0.502 e. The molecule has 1 aromatic heterocycles. The van der Waals surface area contributed by atoms with Gasteiger partial charge in [-0.15, -0.1) is 0 Å². The fourth-order valence-corrected chi connectivity index (χ4v) is 2.61. The number of rotatable bonds is 8. The molecule has 0 spiro atoms. The van der Waals surface area contributed by atoms with Gasteiger partial charge in [0, 0.05) is 35.3 Å². The van der Waals surface area contributed by atoms with Crippen molar-refractivity contribution in [3.63, 3.8) is 0 Å². The van der Waals surface area contributed by atoms with Crippen LogP contribution in [0, 0.1) is 5.92 Å². The van der Waals surface area contributed by atoms with Crippen molar-refractivity contribution in [2.45, 2.75) is 33.7 Å². The zero-order chi connectivity index (χ0) is 19.1. The van der Waals surface area contributed by atoms with Crippen LogP contribution in [0.2, 0.25) is 0 Å². The molecular weight excluding hydrogens is 330 g/mol. The summed E-state index contributed by atoms with van der Waals surface area (Å²) in [5, 5.41) is 10.6. The maximum atomic E-state index is 12.0. The molecule has 0 aliphatic rings. The molecule has 0 aliphatic carbocycles. The number of hydrogen-bond donors (Lipinski definition) is 1. The van der Waals surface area contributed by atoms with E-state index in [1.54, 1.807) is 13.0 Å². The Morgan fingerprint density at radius 3 is 2.69 bits per heavy atom. The van der Waals surface area contributed by atoms with Crippen LogP contribution in [0.15, 0.2) is 48.4 Å². The maximum absolute atomic E-state index is 12.0. The molecule has 0 fully saturated rings. The molecule has 5 heteroatoms. The van der Waals surface area contributed by atoms with Crippen molar-refractivity contribution in [1.29, 1.82) is 0 Å². The van der Waals surface area contributed by atoms with E-state index < -0.39 is 17.5 Å².